The summed E-state index contributed by atoms with van der Waals surface area (Å²) < 4.78 is 7.84. The molecule has 0 aliphatic rings. The zero-order valence-electron chi connectivity index (χ0n) is 12.8. The van der Waals surface area contributed by atoms with Crippen LogP contribution < -0.4 is 5.32 Å². The minimum Gasteiger partial charge on any atom is -0.464 e. The van der Waals surface area contributed by atoms with E-state index < -0.39 is 0 Å². The van der Waals surface area contributed by atoms with E-state index in [4.69, 9.17) is 4.42 Å². The molecular formula is C17H21N3O. The summed E-state index contributed by atoms with van der Waals surface area (Å²) >= 11 is 0. The lowest BCUT2D eigenvalue weighted by molar-refractivity contribution is 0.407. The van der Waals surface area contributed by atoms with Crippen LogP contribution in [-0.4, -0.2) is 9.38 Å². The highest BCUT2D eigenvalue weighted by molar-refractivity contribution is 5.47. The van der Waals surface area contributed by atoms with Crippen molar-refractivity contribution in [3.63, 3.8) is 0 Å². The van der Waals surface area contributed by atoms with Gasteiger partial charge in [0.25, 0.3) is 0 Å². The number of aryl methyl sites for hydroxylation is 2. The number of rotatable bonds is 5. The largest absolute Gasteiger partial charge is 0.464 e. The Morgan fingerprint density at radius 1 is 1.33 bits per heavy atom. The van der Waals surface area contributed by atoms with Crippen LogP contribution in [0.25, 0.3) is 5.65 Å². The van der Waals surface area contributed by atoms with Gasteiger partial charge in [-0.15, -0.1) is 0 Å². The van der Waals surface area contributed by atoms with Gasteiger partial charge in [0.1, 0.15) is 17.2 Å². The summed E-state index contributed by atoms with van der Waals surface area (Å²) in [5.41, 5.74) is 3.25. The molecule has 1 N–H and O–H groups in total. The van der Waals surface area contributed by atoms with E-state index in [1.54, 1.807) is 0 Å². The van der Waals surface area contributed by atoms with Crippen LogP contribution in [0, 0.1) is 6.92 Å². The van der Waals surface area contributed by atoms with Crippen molar-refractivity contribution in [3.8, 4) is 0 Å². The van der Waals surface area contributed by atoms with Gasteiger partial charge in [-0.25, -0.2) is 4.98 Å². The number of hydrogen-bond acceptors (Lipinski definition) is 3. The fraction of sp³-hybridized carbons (Fsp3) is 0.353. The molecule has 0 saturated carbocycles. The predicted octanol–water partition coefficient (Wildman–Crippen LogP) is 3.65. The summed E-state index contributed by atoms with van der Waals surface area (Å²) in [5, 5.41) is 3.46. The summed E-state index contributed by atoms with van der Waals surface area (Å²) in [4.78, 5) is 4.67. The first kappa shape index (κ1) is 13.9. The summed E-state index contributed by atoms with van der Waals surface area (Å²) in [5.74, 6) is 2.01. The van der Waals surface area contributed by atoms with Gasteiger partial charge in [0, 0.05) is 25.4 Å². The molecule has 1 unspecified atom stereocenters. The van der Waals surface area contributed by atoms with Gasteiger partial charge in [0.2, 0.25) is 0 Å². The molecule has 0 fully saturated rings. The Hall–Kier alpha value is -2.07. The Morgan fingerprint density at radius 3 is 2.90 bits per heavy atom. The molecule has 0 aliphatic heterocycles. The molecule has 0 amide bonds. The molecule has 3 aromatic rings. The minimum absolute atomic E-state index is 0.177. The van der Waals surface area contributed by atoms with Crippen molar-refractivity contribution in [2.24, 2.45) is 0 Å². The van der Waals surface area contributed by atoms with Gasteiger partial charge < -0.3 is 14.1 Å². The van der Waals surface area contributed by atoms with Gasteiger partial charge in [-0.1, -0.05) is 13.0 Å². The maximum atomic E-state index is 5.77. The zero-order chi connectivity index (χ0) is 14.8. The maximum absolute atomic E-state index is 5.77. The standard InChI is InChI=1S/C17H21N3O/c1-4-15-7-8-16(21-15)13(3)18-10-14-11-20-9-5-6-12(2)17(20)19-14/h5-9,11,13,18H,4,10H2,1-3H3. The number of nitrogens with zero attached hydrogens (tertiary/aromatic N) is 2. The number of imidazole rings is 1. The quantitative estimate of drug-likeness (QED) is 0.777. The van der Waals surface area contributed by atoms with Crippen molar-refractivity contribution in [1.82, 2.24) is 14.7 Å². The summed E-state index contributed by atoms with van der Waals surface area (Å²) in [6.45, 7) is 7.01. The third kappa shape index (κ3) is 2.85. The normalized spacial score (nSPS) is 12.9. The molecule has 0 saturated heterocycles. The van der Waals surface area contributed by atoms with E-state index in [0.29, 0.717) is 0 Å². The molecule has 4 nitrogen and oxygen atoms in total. The molecule has 0 bridgehead atoms. The molecule has 0 spiro atoms. The highest BCUT2D eigenvalue weighted by Crippen LogP contribution is 2.17. The number of hydrogen-bond donors (Lipinski definition) is 1. The monoisotopic (exact) mass is 283 g/mol. The van der Waals surface area contributed by atoms with Gasteiger partial charge in [-0.3, -0.25) is 0 Å². The van der Waals surface area contributed by atoms with E-state index in [1.165, 1.54) is 5.56 Å². The Balaban J connectivity index is 1.69. The van der Waals surface area contributed by atoms with Crippen molar-refractivity contribution in [2.75, 3.05) is 0 Å². The highest BCUT2D eigenvalue weighted by Gasteiger charge is 2.11. The average molecular weight is 283 g/mol. The smallest absolute Gasteiger partial charge is 0.139 e. The van der Waals surface area contributed by atoms with Gasteiger partial charge >= 0.3 is 0 Å². The van der Waals surface area contributed by atoms with Gasteiger partial charge in [0.05, 0.1) is 11.7 Å². The second kappa shape index (κ2) is 5.74. The molecular weight excluding hydrogens is 262 g/mol. The summed E-state index contributed by atoms with van der Waals surface area (Å²) in [7, 11) is 0. The molecule has 0 radical (unpaired) electrons. The van der Waals surface area contributed by atoms with E-state index in [-0.39, 0.29) is 6.04 Å². The molecule has 0 aromatic carbocycles. The summed E-state index contributed by atoms with van der Waals surface area (Å²) in [6.07, 6.45) is 5.03. The number of aromatic nitrogens is 2. The van der Waals surface area contributed by atoms with Crippen LogP contribution in [0.5, 0.6) is 0 Å². The third-order valence-electron chi connectivity index (χ3n) is 3.77. The van der Waals surface area contributed by atoms with Gasteiger partial charge in [0.15, 0.2) is 0 Å². The lowest BCUT2D eigenvalue weighted by Crippen LogP contribution is -2.17. The average Bonchev–Trinajstić information content (AvgIpc) is 3.12. The fourth-order valence-corrected chi connectivity index (χ4v) is 2.47. The molecule has 21 heavy (non-hydrogen) atoms. The van der Waals surface area contributed by atoms with Crippen LogP contribution in [0.1, 0.15) is 42.7 Å². The molecule has 1 atom stereocenters. The van der Waals surface area contributed by atoms with Gasteiger partial charge in [-0.05, 0) is 37.6 Å². The number of fused-ring (bicyclic) bond motifs is 1. The number of nitrogens with one attached hydrogen (secondary N) is 1. The van der Waals surface area contributed by atoms with E-state index in [1.807, 2.05) is 24.4 Å². The van der Waals surface area contributed by atoms with Crippen molar-refractivity contribution in [3.05, 3.63) is 59.4 Å². The first-order chi connectivity index (χ1) is 10.2. The van der Waals surface area contributed by atoms with Crippen LogP contribution in [0.3, 0.4) is 0 Å². The lowest BCUT2D eigenvalue weighted by atomic mass is 10.2. The summed E-state index contributed by atoms with van der Waals surface area (Å²) in [6, 6.07) is 8.39. The van der Waals surface area contributed by atoms with E-state index in [2.05, 4.69) is 47.7 Å². The molecule has 3 aromatic heterocycles. The van der Waals surface area contributed by atoms with E-state index in [0.717, 1.165) is 35.8 Å². The fourth-order valence-electron chi connectivity index (χ4n) is 2.47. The Labute approximate surface area is 124 Å². The van der Waals surface area contributed by atoms with E-state index in [9.17, 15) is 0 Å². The Kier molecular flexibility index (Phi) is 3.80. The maximum Gasteiger partial charge on any atom is 0.139 e. The Morgan fingerprint density at radius 2 is 2.19 bits per heavy atom. The van der Waals surface area contributed by atoms with Crippen LogP contribution in [0.4, 0.5) is 0 Å². The molecule has 110 valence electrons. The molecule has 3 rings (SSSR count). The number of pyridine rings is 1. The lowest BCUT2D eigenvalue weighted by Gasteiger charge is -2.09. The Bertz CT molecular complexity index is 741. The second-order valence-corrected chi connectivity index (χ2v) is 5.41. The SMILES string of the molecule is CCc1ccc(C(C)NCc2cn3cccc(C)c3n2)o1. The number of furan rings is 1. The van der Waals surface area contributed by atoms with Crippen LogP contribution in [0.15, 0.2) is 41.1 Å². The highest BCUT2D eigenvalue weighted by atomic mass is 16.3. The van der Waals surface area contributed by atoms with Crippen LogP contribution >= 0.6 is 0 Å². The topological polar surface area (TPSA) is 42.5 Å². The van der Waals surface area contributed by atoms with Crippen LogP contribution in [-0.2, 0) is 13.0 Å². The van der Waals surface area contributed by atoms with Gasteiger partial charge in [-0.2, -0.15) is 0 Å². The first-order valence-electron chi connectivity index (χ1n) is 7.42. The van der Waals surface area contributed by atoms with Crippen molar-refractivity contribution < 1.29 is 4.42 Å². The second-order valence-electron chi connectivity index (χ2n) is 5.41. The predicted molar refractivity (Wildman–Crippen MR) is 83.3 cm³/mol. The zero-order valence-corrected chi connectivity index (χ0v) is 12.8. The molecule has 3 heterocycles. The van der Waals surface area contributed by atoms with Crippen LogP contribution in [0.2, 0.25) is 0 Å². The first-order valence-corrected chi connectivity index (χ1v) is 7.42. The van der Waals surface area contributed by atoms with E-state index >= 15 is 0 Å². The third-order valence-corrected chi connectivity index (χ3v) is 3.77. The molecule has 4 heteroatoms. The van der Waals surface area contributed by atoms with Crippen molar-refractivity contribution >= 4 is 5.65 Å². The van der Waals surface area contributed by atoms with Crippen molar-refractivity contribution in [1.29, 1.82) is 0 Å². The minimum atomic E-state index is 0.177. The van der Waals surface area contributed by atoms with Crippen molar-refractivity contribution in [2.45, 2.75) is 39.8 Å². The molecule has 0 aliphatic carbocycles.